The number of carbonyl (C=O) groups excluding carboxylic acids is 2. The van der Waals surface area contributed by atoms with Gasteiger partial charge in [0.25, 0.3) is 5.91 Å². The van der Waals surface area contributed by atoms with Crippen molar-refractivity contribution < 1.29 is 14.0 Å². The molecule has 0 spiro atoms. The zero-order valence-corrected chi connectivity index (χ0v) is 13.8. The van der Waals surface area contributed by atoms with Gasteiger partial charge >= 0.3 is 6.03 Å². The van der Waals surface area contributed by atoms with Gasteiger partial charge in [0.2, 0.25) is 0 Å². The van der Waals surface area contributed by atoms with Crippen LogP contribution in [0.1, 0.15) is 11.3 Å². The first-order valence-corrected chi connectivity index (χ1v) is 7.69. The Bertz CT molecular complexity index is 867. The Kier molecular flexibility index (Phi) is 4.27. The molecule has 1 aliphatic heterocycles. The number of urea groups is 1. The van der Waals surface area contributed by atoms with E-state index < -0.39 is 11.9 Å². The summed E-state index contributed by atoms with van der Waals surface area (Å²) in [7, 11) is 0. The highest BCUT2D eigenvalue weighted by molar-refractivity contribution is 6.30. The van der Waals surface area contributed by atoms with E-state index in [1.54, 1.807) is 12.1 Å². The van der Waals surface area contributed by atoms with Crippen LogP contribution in [-0.2, 0) is 4.79 Å². The van der Waals surface area contributed by atoms with Gasteiger partial charge in [-0.15, -0.1) is 6.58 Å². The van der Waals surface area contributed by atoms with E-state index in [9.17, 15) is 9.59 Å². The molecule has 0 bridgehead atoms. The summed E-state index contributed by atoms with van der Waals surface area (Å²) >= 11 is 6.03. The van der Waals surface area contributed by atoms with Crippen LogP contribution in [0.5, 0.6) is 0 Å². The summed E-state index contributed by atoms with van der Waals surface area (Å²) in [6.45, 7) is 5.65. The SMILES string of the molecule is C=CCN1C(=O)N/C(=C/c2ccc(-c3cc(Cl)ccc3C)o2)C1=O. The van der Waals surface area contributed by atoms with E-state index >= 15 is 0 Å². The summed E-state index contributed by atoms with van der Waals surface area (Å²) in [6.07, 6.45) is 3.00. The van der Waals surface area contributed by atoms with E-state index in [1.165, 1.54) is 12.2 Å². The van der Waals surface area contributed by atoms with Gasteiger partial charge in [0.1, 0.15) is 17.2 Å². The molecule has 1 fully saturated rings. The largest absolute Gasteiger partial charge is 0.457 e. The van der Waals surface area contributed by atoms with Crippen LogP contribution < -0.4 is 5.32 Å². The summed E-state index contributed by atoms with van der Waals surface area (Å²) in [5.74, 6) is 0.701. The van der Waals surface area contributed by atoms with Crippen molar-refractivity contribution in [3.63, 3.8) is 0 Å². The third-order valence-electron chi connectivity index (χ3n) is 3.65. The molecule has 1 aliphatic rings. The van der Waals surface area contributed by atoms with Crippen LogP contribution in [0.3, 0.4) is 0 Å². The lowest BCUT2D eigenvalue weighted by molar-refractivity contribution is -0.122. The molecule has 1 aromatic carbocycles. The zero-order chi connectivity index (χ0) is 17.3. The number of hydrogen-bond donors (Lipinski definition) is 1. The highest BCUT2D eigenvalue weighted by Crippen LogP contribution is 2.29. The van der Waals surface area contributed by atoms with Crippen molar-refractivity contribution in [3.8, 4) is 11.3 Å². The van der Waals surface area contributed by atoms with Crippen LogP contribution in [-0.4, -0.2) is 23.4 Å². The molecule has 2 heterocycles. The van der Waals surface area contributed by atoms with E-state index in [4.69, 9.17) is 16.0 Å². The van der Waals surface area contributed by atoms with Crippen LogP contribution in [0.25, 0.3) is 17.4 Å². The number of amides is 3. The van der Waals surface area contributed by atoms with Gasteiger partial charge in [-0.2, -0.15) is 0 Å². The number of imide groups is 1. The number of hydrogen-bond acceptors (Lipinski definition) is 3. The predicted octanol–water partition coefficient (Wildman–Crippen LogP) is 3.99. The number of carbonyl (C=O) groups is 2. The van der Waals surface area contributed by atoms with Crippen molar-refractivity contribution in [2.24, 2.45) is 0 Å². The van der Waals surface area contributed by atoms with Gasteiger partial charge in [-0.1, -0.05) is 23.7 Å². The van der Waals surface area contributed by atoms with Crippen molar-refractivity contribution in [2.45, 2.75) is 6.92 Å². The molecule has 6 heteroatoms. The topological polar surface area (TPSA) is 62.6 Å². The molecule has 5 nitrogen and oxygen atoms in total. The quantitative estimate of drug-likeness (QED) is 0.519. The van der Waals surface area contributed by atoms with Crippen LogP contribution >= 0.6 is 11.6 Å². The molecular formula is C18H15ClN2O3. The summed E-state index contributed by atoms with van der Waals surface area (Å²) in [5.41, 5.74) is 2.07. The molecule has 3 rings (SSSR count). The van der Waals surface area contributed by atoms with Crippen molar-refractivity contribution in [1.82, 2.24) is 10.2 Å². The molecule has 0 unspecified atom stereocenters. The lowest BCUT2D eigenvalue weighted by atomic mass is 10.1. The lowest BCUT2D eigenvalue weighted by Crippen LogP contribution is -2.30. The minimum absolute atomic E-state index is 0.160. The Hall–Kier alpha value is -2.79. The monoisotopic (exact) mass is 342 g/mol. The number of nitrogens with zero attached hydrogens (tertiary/aromatic N) is 1. The first-order valence-electron chi connectivity index (χ1n) is 7.31. The van der Waals surface area contributed by atoms with Gasteiger partial charge in [-0.05, 0) is 36.8 Å². The van der Waals surface area contributed by atoms with Gasteiger partial charge in [0.05, 0.1) is 0 Å². The molecule has 1 N–H and O–H groups in total. The molecule has 3 amide bonds. The number of halogens is 1. The van der Waals surface area contributed by atoms with Crippen LogP contribution in [0, 0.1) is 6.92 Å². The van der Waals surface area contributed by atoms with E-state index in [-0.39, 0.29) is 12.2 Å². The maximum atomic E-state index is 12.2. The average molecular weight is 343 g/mol. The molecule has 122 valence electrons. The average Bonchev–Trinajstić information content (AvgIpc) is 3.11. The fraction of sp³-hybridized carbons (Fsp3) is 0.111. The van der Waals surface area contributed by atoms with Crippen LogP contribution in [0.15, 0.2) is 53.1 Å². The van der Waals surface area contributed by atoms with Gasteiger partial charge in [-0.25, -0.2) is 4.79 Å². The van der Waals surface area contributed by atoms with E-state index in [1.807, 2.05) is 25.1 Å². The molecular weight excluding hydrogens is 328 g/mol. The maximum absolute atomic E-state index is 12.2. The number of aryl methyl sites for hydroxylation is 1. The van der Waals surface area contributed by atoms with Crippen molar-refractivity contribution in [3.05, 3.63) is 65.0 Å². The smallest absolute Gasteiger partial charge is 0.329 e. The Labute approximate surface area is 144 Å². The second-order valence-electron chi connectivity index (χ2n) is 5.35. The van der Waals surface area contributed by atoms with Crippen LogP contribution in [0.4, 0.5) is 4.79 Å². The predicted molar refractivity (Wildman–Crippen MR) is 92.3 cm³/mol. The van der Waals surface area contributed by atoms with Crippen LogP contribution in [0.2, 0.25) is 5.02 Å². The Morgan fingerprint density at radius 2 is 2.08 bits per heavy atom. The highest BCUT2D eigenvalue weighted by atomic mass is 35.5. The molecule has 0 saturated carbocycles. The van der Waals surface area contributed by atoms with Crippen molar-refractivity contribution in [2.75, 3.05) is 6.54 Å². The van der Waals surface area contributed by atoms with Gasteiger partial charge in [0, 0.05) is 23.2 Å². The van der Waals surface area contributed by atoms with E-state index in [0.29, 0.717) is 16.5 Å². The van der Waals surface area contributed by atoms with E-state index in [2.05, 4.69) is 11.9 Å². The van der Waals surface area contributed by atoms with Crippen molar-refractivity contribution in [1.29, 1.82) is 0 Å². The second kappa shape index (κ2) is 6.37. The summed E-state index contributed by atoms with van der Waals surface area (Å²) < 4.78 is 5.77. The minimum atomic E-state index is -0.469. The third-order valence-corrected chi connectivity index (χ3v) is 3.89. The number of benzene rings is 1. The summed E-state index contributed by atoms with van der Waals surface area (Å²) in [4.78, 5) is 25.0. The van der Waals surface area contributed by atoms with E-state index in [0.717, 1.165) is 16.0 Å². The number of nitrogens with one attached hydrogen (secondary N) is 1. The fourth-order valence-corrected chi connectivity index (χ4v) is 2.62. The summed E-state index contributed by atoms with van der Waals surface area (Å²) in [5, 5.41) is 3.14. The molecule has 24 heavy (non-hydrogen) atoms. The lowest BCUT2D eigenvalue weighted by Gasteiger charge is -2.06. The molecule has 0 radical (unpaired) electrons. The third kappa shape index (κ3) is 2.98. The molecule has 0 aliphatic carbocycles. The molecule has 1 aromatic heterocycles. The van der Waals surface area contributed by atoms with Gasteiger partial charge in [-0.3, -0.25) is 9.69 Å². The Morgan fingerprint density at radius 1 is 1.29 bits per heavy atom. The summed E-state index contributed by atoms with van der Waals surface area (Å²) in [6, 6.07) is 8.61. The molecule has 0 atom stereocenters. The Morgan fingerprint density at radius 3 is 2.83 bits per heavy atom. The van der Waals surface area contributed by atoms with Crippen molar-refractivity contribution >= 4 is 29.6 Å². The fourth-order valence-electron chi connectivity index (χ4n) is 2.44. The molecule has 1 saturated heterocycles. The first-order chi connectivity index (χ1) is 11.5. The van der Waals surface area contributed by atoms with Gasteiger partial charge < -0.3 is 9.73 Å². The maximum Gasteiger partial charge on any atom is 0.329 e. The second-order valence-corrected chi connectivity index (χ2v) is 5.79. The van der Waals surface area contributed by atoms with Gasteiger partial charge in [0.15, 0.2) is 0 Å². The number of furan rings is 1. The number of rotatable bonds is 4. The zero-order valence-electron chi connectivity index (χ0n) is 13.0. The highest BCUT2D eigenvalue weighted by Gasteiger charge is 2.32. The Balaban J connectivity index is 1.89. The standard InChI is InChI=1S/C18H15ClN2O3/c1-3-8-21-17(22)15(20-18(21)23)10-13-6-7-16(24-13)14-9-12(19)5-4-11(14)2/h3-7,9-10H,1,8H2,2H3,(H,20,23)/b15-10+. The minimum Gasteiger partial charge on any atom is -0.457 e. The normalized spacial score (nSPS) is 15.9. The first kappa shape index (κ1) is 16.1. The molecule has 2 aromatic rings.